The summed E-state index contributed by atoms with van der Waals surface area (Å²) in [6.07, 6.45) is 4.27. The third-order valence-electron chi connectivity index (χ3n) is 7.05. The molecular formula is C25H21F4N3O4S. The minimum absolute atomic E-state index is 0.263. The van der Waals surface area contributed by atoms with Crippen LogP contribution in [0.1, 0.15) is 53.5 Å². The molecule has 1 saturated carbocycles. The van der Waals surface area contributed by atoms with Crippen LogP contribution in [0.25, 0.3) is 0 Å². The average molecular weight is 536 g/mol. The molecule has 2 heterocycles. The Balaban J connectivity index is 1.52. The van der Waals surface area contributed by atoms with Gasteiger partial charge in [-0.25, -0.2) is 35.9 Å². The maximum absolute atomic E-state index is 15.4. The van der Waals surface area contributed by atoms with Crippen LogP contribution in [0.5, 0.6) is 0 Å². The van der Waals surface area contributed by atoms with Gasteiger partial charge in [-0.3, -0.25) is 0 Å². The molecule has 2 aromatic carbocycles. The summed E-state index contributed by atoms with van der Waals surface area (Å²) in [6, 6.07) is 9.13. The van der Waals surface area contributed by atoms with Crippen LogP contribution in [-0.4, -0.2) is 34.9 Å². The van der Waals surface area contributed by atoms with E-state index in [1.54, 1.807) is 30.3 Å². The fourth-order valence-electron chi connectivity index (χ4n) is 5.28. The molecule has 1 aliphatic carbocycles. The second-order valence-corrected chi connectivity index (χ2v) is 11.5. The Morgan fingerprint density at radius 2 is 1.84 bits per heavy atom. The number of alkyl halides is 2. The fraction of sp³-hybridized carbons (Fsp3) is 0.360. The molecule has 1 aromatic heterocycles. The van der Waals surface area contributed by atoms with E-state index in [2.05, 4.69) is 11.0 Å². The van der Waals surface area contributed by atoms with Gasteiger partial charge in [-0.15, -0.1) is 11.5 Å². The van der Waals surface area contributed by atoms with Gasteiger partial charge in [0.15, 0.2) is 0 Å². The first kappa shape index (κ1) is 25.2. The van der Waals surface area contributed by atoms with Crippen LogP contribution >= 0.6 is 0 Å². The third kappa shape index (κ3) is 4.26. The quantitative estimate of drug-likeness (QED) is 0.393. The van der Waals surface area contributed by atoms with Crippen LogP contribution in [0.4, 0.5) is 17.6 Å². The predicted molar refractivity (Wildman–Crippen MR) is 124 cm³/mol. The van der Waals surface area contributed by atoms with Crippen LogP contribution in [0.2, 0.25) is 0 Å². The van der Waals surface area contributed by atoms with Crippen molar-refractivity contribution >= 4 is 10.0 Å². The van der Waals surface area contributed by atoms with Crippen LogP contribution in [0.15, 0.2) is 51.7 Å². The second kappa shape index (κ2) is 8.85. The molecule has 12 heteroatoms. The van der Waals surface area contributed by atoms with Crippen LogP contribution in [-0.2, 0) is 22.0 Å². The van der Waals surface area contributed by atoms with Gasteiger partial charge in [-0.2, -0.15) is 4.31 Å². The van der Waals surface area contributed by atoms with Crippen molar-refractivity contribution in [1.82, 2.24) is 14.5 Å². The van der Waals surface area contributed by atoms with Gasteiger partial charge in [0, 0.05) is 30.5 Å². The Hall–Kier alpha value is -3.43. The molecule has 0 radical (unpaired) electrons. The summed E-state index contributed by atoms with van der Waals surface area (Å²) in [5.41, 5.74) is -2.09. The number of nitrogens with one attached hydrogen (secondary N) is 1. The van der Waals surface area contributed by atoms with E-state index >= 15 is 8.78 Å². The highest BCUT2D eigenvalue weighted by molar-refractivity contribution is 7.89. The second-order valence-electron chi connectivity index (χ2n) is 9.38. The molecule has 3 aromatic rings. The molecule has 5 rings (SSSR count). The largest absolute Gasteiger partial charge is 0.434 e. The zero-order valence-corrected chi connectivity index (χ0v) is 20.1. The molecule has 0 spiro atoms. The van der Waals surface area contributed by atoms with Crippen LogP contribution in [0, 0.1) is 24.0 Å². The van der Waals surface area contributed by atoms with E-state index in [4.69, 9.17) is 10.8 Å². The van der Waals surface area contributed by atoms with Crippen molar-refractivity contribution in [1.29, 1.82) is 0 Å². The summed E-state index contributed by atoms with van der Waals surface area (Å²) in [7, 11) is -4.06. The Kier molecular flexibility index (Phi) is 6.03. The lowest BCUT2D eigenvalue weighted by molar-refractivity contribution is -0.121. The summed E-state index contributed by atoms with van der Waals surface area (Å²) in [5, 5.41) is 4.62. The normalized spacial score (nSPS) is 24.2. The van der Waals surface area contributed by atoms with Gasteiger partial charge < -0.3 is 4.42 Å². The highest BCUT2D eigenvalue weighted by atomic mass is 32.2. The third-order valence-corrected chi connectivity index (χ3v) is 9.31. The topological polar surface area (TPSA) is 96.3 Å². The number of sulfonamides is 1. The van der Waals surface area contributed by atoms with Crippen molar-refractivity contribution in [2.75, 3.05) is 0 Å². The molecule has 2 aliphatic rings. The van der Waals surface area contributed by atoms with Crippen molar-refractivity contribution in [2.24, 2.45) is 0 Å². The zero-order chi connectivity index (χ0) is 26.6. The molecular weight excluding hydrogens is 514 g/mol. The van der Waals surface area contributed by atoms with Gasteiger partial charge in [-0.05, 0) is 30.5 Å². The molecule has 37 heavy (non-hydrogen) atoms. The molecule has 2 atom stereocenters. The lowest BCUT2D eigenvalue weighted by Crippen LogP contribution is -2.51. The summed E-state index contributed by atoms with van der Waals surface area (Å²) in [4.78, 5) is 11.4. The van der Waals surface area contributed by atoms with Gasteiger partial charge in [0.1, 0.15) is 16.9 Å². The Morgan fingerprint density at radius 1 is 1.14 bits per heavy atom. The monoisotopic (exact) mass is 535 g/mol. The smallest absolute Gasteiger partial charge is 0.391 e. The van der Waals surface area contributed by atoms with E-state index < -0.39 is 80.9 Å². The number of H-pyrrole nitrogens is 1. The maximum atomic E-state index is 15.4. The first-order valence-electron chi connectivity index (χ1n) is 11.4. The number of halogens is 4. The lowest BCUT2D eigenvalue weighted by Gasteiger charge is -2.45. The van der Waals surface area contributed by atoms with E-state index in [-0.39, 0.29) is 12.0 Å². The van der Waals surface area contributed by atoms with Crippen LogP contribution in [0.3, 0.4) is 0 Å². The van der Waals surface area contributed by atoms with Crippen molar-refractivity contribution in [3.8, 4) is 12.3 Å². The number of hydrogen-bond acceptors (Lipinski definition) is 5. The van der Waals surface area contributed by atoms with Crippen molar-refractivity contribution in [2.45, 2.75) is 54.9 Å². The molecule has 2 fully saturated rings. The maximum Gasteiger partial charge on any atom is 0.434 e. The molecule has 0 bridgehead atoms. The Labute approximate surface area is 209 Å². The van der Waals surface area contributed by atoms with E-state index in [1.165, 1.54) is 0 Å². The number of aromatic amines is 1. The molecule has 0 amide bonds. The summed E-state index contributed by atoms with van der Waals surface area (Å²) in [5.74, 6) is -4.37. The minimum atomic E-state index is -4.06. The first-order valence-corrected chi connectivity index (χ1v) is 12.9. The summed E-state index contributed by atoms with van der Waals surface area (Å²) in [6.45, 7) is -0.551. The number of terminal acetylenes is 1. The fourth-order valence-corrected chi connectivity index (χ4v) is 7.38. The van der Waals surface area contributed by atoms with E-state index in [0.29, 0.717) is 12.0 Å². The number of rotatable bonds is 5. The summed E-state index contributed by atoms with van der Waals surface area (Å²) < 4.78 is 91.4. The predicted octanol–water partition coefficient (Wildman–Crippen LogP) is 4.03. The van der Waals surface area contributed by atoms with Crippen LogP contribution < -0.4 is 5.76 Å². The molecule has 1 N–H and O–H groups in total. The van der Waals surface area contributed by atoms with Crippen molar-refractivity contribution in [3.05, 3.63) is 87.2 Å². The number of benzene rings is 2. The molecule has 1 aliphatic heterocycles. The number of nitrogens with zero attached hydrogens (tertiary/aromatic N) is 2. The van der Waals surface area contributed by atoms with Gasteiger partial charge >= 0.3 is 5.76 Å². The summed E-state index contributed by atoms with van der Waals surface area (Å²) >= 11 is 0. The first-order chi connectivity index (χ1) is 17.5. The Morgan fingerprint density at radius 3 is 2.43 bits per heavy atom. The molecule has 0 unspecified atom stereocenters. The average Bonchev–Trinajstić information content (AvgIpc) is 3.27. The number of hydrogen-bond donors (Lipinski definition) is 1. The highest BCUT2D eigenvalue weighted by Gasteiger charge is 2.62. The van der Waals surface area contributed by atoms with Gasteiger partial charge in [0.25, 0.3) is 5.92 Å². The van der Waals surface area contributed by atoms with E-state index in [1.807, 2.05) is 5.10 Å². The van der Waals surface area contributed by atoms with Gasteiger partial charge in [0.2, 0.25) is 15.9 Å². The SMILES string of the molecule is C#C[C@H]1CC[C@H](c2ccccc2)S(=O)(=O)N1Cc1cc(F)c(C2(c3n[nH]c(=O)o3)CC(F)(F)C2)cc1F. The minimum Gasteiger partial charge on any atom is -0.391 e. The highest BCUT2D eigenvalue weighted by Crippen LogP contribution is 2.57. The van der Waals surface area contributed by atoms with E-state index in [0.717, 1.165) is 16.4 Å². The van der Waals surface area contributed by atoms with Gasteiger partial charge in [-0.1, -0.05) is 36.3 Å². The number of aromatic nitrogens is 2. The molecule has 194 valence electrons. The lowest BCUT2D eigenvalue weighted by atomic mass is 9.61. The molecule has 1 saturated heterocycles. The standard InChI is InChI=1S/C25H21F4N3O4S/c1-2-17-8-9-21(15-6-4-3-5-7-15)37(34,35)32(17)12-16-10-20(27)18(11-19(16)26)24(13-25(28,29)14-24)22-30-31-23(33)36-22/h1,3-7,10-11,17,21H,8-9,12-14H2,(H,31,33)/t17-,21+/m0/s1. The zero-order valence-electron chi connectivity index (χ0n) is 19.3. The Bertz CT molecular complexity index is 1540. The van der Waals surface area contributed by atoms with E-state index in [9.17, 15) is 22.0 Å². The molecule has 7 nitrogen and oxygen atoms in total. The van der Waals surface area contributed by atoms with Gasteiger partial charge in [0.05, 0.1) is 11.5 Å². The van der Waals surface area contributed by atoms with Crippen molar-refractivity contribution < 1.29 is 30.4 Å². The van der Waals surface area contributed by atoms with Crippen molar-refractivity contribution in [3.63, 3.8) is 0 Å².